The summed E-state index contributed by atoms with van der Waals surface area (Å²) in [5.41, 5.74) is 12.4. The fourth-order valence-electron chi connectivity index (χ4n) is 7.64. The summed E-state index contributed by atoms with van der Waals surface area (Å²) in [6.07, 6.45) is 5.60. The molecule has 0 saturated carbocycles. The van der Waals surface area contributed by atoms with Crippen LogP contribution in [0.5, 0.6) is 0 Å². The number of para-hydroxylation sites is 1. The molecule has 0 fully saturated rings. The van der Waals surface area contributed by atoms with Crippen LogP contribution in [-0.2, 0) is 0 Å². The maximum absolute atomic E-state index is 5.26. The van der Waals surface area contributed by atoms with Gasteiger partial charge in [0.1, 0.15) is 0 Å². The van der Waals surface area contributed by atoms with Crippen LogP contribution in [-0.4, -0.2) is 19.9 Å². The van der Waals surface area contributed by atoms with Crippen LogP contribution in [0.25, 0.3) is 99.7 Å². The van der Waals surface area contributed by atoms with Crippen molar-refractivity contribution in [2.75, 3.05) is 0 Å². The minimum Gasteiger partial charge on any atom is -0.264 e. The van der Waals surface area contributed by atoms with E-state index in [9.17, 15) is 0 Å². The number of aromatic nitrogens is 4. The Balaban J connectivity index is 1.18. The molecular weight excluding hydrogens is 657 g/mol. The molecule has 0 amide bonds. The second kappa shape index (κ2) is 13.4. The van der Waals surface area contributed by atoms with Crippen molar-refractivity contribution in [2.24, 2.45) is 0 Å². The fourth-order valence-corrected chi connectivity index (χ4v) is 7.64. The average Bonchev–Trinajstić information content (AvgIpc) is 3.26. The van der Waals surface area contributed by atoms with E-state index in [1.54, 1.807) is 6.20 Å². The zero-order valence-electron chi connectivity index (χ0n) is 29.3. The van der Waals surface area contributed by atoms with Gasteiger partial charge in [0.15, 0.2) is 5.82 Å². The number of rotatable bonds is 6. The molecule has 4 heteroatoms. The summed E-state index contributed by atoms with van der Waals surface area (Å²) >= 11 is 0. The van der Waals surface area contributed by atoms with E-state index in [0.29, 0.717) is 5.82 Å². The number of pyridine rings is 2. The van der Waals surface area contributed by atoms with Gasteiger partial charge in [0.2, 0.25) is 0 Å². The Labute approximate surface area is 313 Å². The number of benzene rings is 7. The first-order valence-electron chi connectivity index (χ1n) is 18.1. The summed E-state index contributed by atoms with van der Waals surface area (Å²) in [5, 5.41) is 5.92. The van der Waals surface area contributed by atoms with Gasteiger partial charge >= 0.3 is 0 Å². The van der Waals surface area contributed by atoms with Crippen molar-refractivity contribution >= 4 is 32.4 Å². The van der Waals surface area contributed by atoms with Gasteiger partial charge in [-0.3, -0.25) is 9.97 Å². The highest BCUT2D eigenvalue weighted by Gasteiger charge is 2.18. The van der Waals surface area contributed by atoms with Crippen LogP contribution in [0.4, 0.5) is 0 Å². The third-order valence-electron chi connectivity index (χ3n) is 10.2. The summed E-state index contributed by atoms with van der Waals surface area (Å²) in [4.78, 5) is 19.6. The lowest BCUT2D eigenvalue weighted by Crippen LogP contribution is -1.97. The normalized spacial score (nSPS) is 11.3. The molecule has 0 bridgehead atoms. The molecule has 4 nitrogen and oxygen atoms in total. The van der Waals surface area contributed by atoms with Crippen LogP contribution in [0.15, 0.2) is 195 Å². The molecule has 0 atom stereocenters. The molecule has 0 saturated heterocycles. The van der Waals surface area contributed by atoms with Crippen molar-refractivity contribution < 1.29 is 0 Å². The number of nitrogens with zero attached hydrogens (tertiary/aromatic N) is 4. The van der Waals surface area contributed by atoms with E-state index in [4.69, 9.17) is 15.0 Å². The first-order valence-corrected chi connectivity index (χ1v) is 18.1. The van der Waals surface area contributed by atoms with Crippen molar-refractivity contribution in [2.45, 2.75) is 0 Å². The van der Waals surface area contributed by atoms with Gasteiger partial charge in [-0.1, -0.05) is 140 Å². The number of hydrogen-bond acceptors (Lipinski definition) is 4. The molecule has 3 heterocycles. The fraction of sp³-hybridized carbons (Fsp3) is 0. The second-order valence-electron chi connectivity index (χ2n) is 13.5. The monoisotopic (exact) mass is 688 g/mol. The molecule has 7 aromatic carbocycles. The first kappa shape index (κ1) is 31.4. The summed E-state index contributed by atoms with van der Waals surface area (Å²) in [6, 6.07) is 61.8. The smallest absolute Gasteiger partial charge is 0.160 e. The van der Waals surface area contributed by atoms with Crippen LogP contribution in [0.2, 0.25) is 0 Å². The van der Waals surface area contributed by atoms with Gasteiger partial charge in [-0.25, -0.2) is 9.97 Å². The molecule has 0 aliphatic carbocycles. The van der Waals surface area contributed by atoms with Crippen molar-refractivity contribution in [3.8, 4) is 67.3 Å². The second-order valence-corrected chi connectivity index (χ2v) is 13.5. The molecule has 54 heavy (non-hydrogen) atoms. The lowest BCUT2D eigenvalue weighted by Gasteiger charge is -2.18. The van der Waals surface area contributed by atoms with E-state index in [-0.39, 0.29) is 0 Å². The van der Waals surface area contributed by atoms with E-state index >= 15 is 0 Å². The Morgan fingerprint density at radius 1 is 0.333 bits per heavy atom. The molecule has 0 unspecified atom stereocenters. The lowest BCUT2D eigenvalue weighted by molar-refractivity contribution is 1.18. The Kier molecular flexibility index (Phi) is 7.77. The van der Waals surface area contributed by atoms with Crippen molar-refractivity contribution in [3.05, 3.63) is 195 Å². The van der Waals surface area contributed by atoms with E-state index in [1.807, 2.05) is 36.7 Å². The van der Waals surface area contributed by atoms with E-state index in [0.717, 1.165) is 55.7 Å². The highest BCUT2D eigenvalue weighted by atomic mass is 14.9. The zero-order chi connectivity index (χ0) is 35.8. The molecular formula is C50H32N4. The first-order chi connectivity index (χ1) is 26.8. The maximum atomic E-state index is 5.26. The van der Waals surface area contributed by atoms with Crippen LogP contribution < -0.4 is 0 Å². The average molecular weight is 689 g/mol. The third kappa shape index (κ3) is 5.67. The van der Waals surface area contributed by atoms with Gasteiger partial charge in [0.25, 0.3) is 0 Å². The van der Waals surface area contributed by atoms with E-state index in [1.165, 1.54) is 38.2 Å². The SMILES string of the molecule is c1ccc(-c2c3ccccc3c(-c3cccc(-c4nc(-c5cccc(-c6cccnc6)c5)cc(-c5cnc6ccccc6c5)n4)c3)c3ccccc23)cc1. The van der Waals surface area contributed by atoms with Gasteiger partial charge < -0.3 is 0 Å². The Bertz CT molecular complexity index is 2940. The topological polar surface area (TPSA) is 51.6 Å². The predicted octanol–water partition coefficient (Wildman–Crippen LogP) is 12.7. The molecule has 0 aliphatic heterocycles. The van der Waals surface area contributed by atoms with Crippen LogP contribution in [0, 0.1) is 0 Å². The molecule has 0 aliphatic rings. The van der Waals surface area contributed by atoms with Crippen molar-refractivity contribution in [3.63, 3.8) is 0 Å². The summed E-state index contributed by atoms with van der Waals surface area (Å²) in [5.74, 6) is 0.652. The lowest BCUT2D eigenvalue weighted by atomic mass is 9.85. The van der Waals surface area contributed by atoms with Crippen LogP contribution in [0.1, 0.15) is 0 Å². The van der Waals surface area contributed by atoms with Gasteiger partial charge in [0.05, 0.1) is 16.9 Å². The summed E-state index contributed by atoms with van der Waals surface area (Å²) in [6.45, 7) is 0. The van der Waals surface area contributed by atoms with Gasteiger partial charge in [0, 0.05) is 46.2 Å². The predicted molar refractivity (Wildman–Crippen MR) is 223 cm³/mol. The highest BCUT2D eigenvalue weighted by molar-refractivity contribution is 6.21. The van der Waals surface area contributed by atoms with Gasteiger partial charge in [-0.05, 0) is 85.8 Å². The molecule has 0 radical (unpaired) electrons. The number of fused-ring (bicyclic) bond motifs is 3. The Hall–Kier alpha value is -7.30. The van der Waals surface area contributed by atoms with Crippen molar-refractivity contribution in [1.29, 1.82) is 0 Å². The number of hydrogen-bond donors (Lipinski definition) is 0. The summed E-state index contributed by atoms with van der Waals surface area (Å²) < 4.78 is 0. The minimum absolute atomic E-state index is 0.652. The summed E-state index contributed by atoms with van der Waals surface area (Å²) in [7, 11) is 0. The van der Waals surface area contributed by atoms with E-state index < -0.39 is 0 Å². The molecule has 3 aromatic heterocycles. The van der Waals surface area contributed by atoms with Crippen molar-refractivity contribution in [1.82, 2.24) is 19.9 Å². The zero-order valence-corrected chi connectivity index (χ0v) is 29.3. The molecule has 0 N–H and O–H groups in total. The highest BCUT2D eigenvalue weighted by Crippen LogP contribution is 2.44. The molecule has 0 spiro atoms. The molecule has 252 valence electrons. The van der Waals surface area contributed by atoms with Crippen LogP contribution >= 0.6 is 0 Å². The quantitative estimate of drug-likeness (QED) is 0.163. The molecule has 10 rings (SSSR count). The maximum Gasteiger partial charge on any atom is 0.160 e. The van der Waals surface area contributed by atoms with Gasteiger partial charge in [-0.2, -0.15) is 0 Å². The third-order valence-corrected chi connectivity index (χ3v) is 10.2. The minimum atomic E-state index is 0.652. The largest absolute Gasteiger partial charge is 0.264 e. The van der Waals surface area contributed by atoms with Crippen LogP contribution in [0.3, 0.4) is 0 Å². The van der Waals surface area contributed by atoms with E-state index in [2.05, 4.69) is 157 Å². The Morgan fingerprint density at radius 3 is 1.61 bits per heavy atom. The van der Waals surface area contributed by atoms with Gasteiger partial charge in [-0.15, -0.1) is 0 Å². The molecule has 10 aromatic rings. The Morgan fingerprint density at radius 2 is 0.889 bits per heavy atom. The standard InChI is InChI=1S/C50H32N4/c1-2-13-33(14-3-1)48-41-21-5-7-23-43(41)49(44-24-8-6-22-42(44)48)37-18-11-19-38(29-37)50-53-46(36-17-10-16-34(27-36)39-20-12-26-51-31-39)30-47(54-50)40-28-35-15-4-9-25-45(35)52-32-40/h1-32H.